The number of rotatable bonds is 7. The molecule has 0 aliphatic carbocycles. The summed E-state index contributed by atoms with van der Waals surface area (Å²) < 4.78 is 5.55. The fraction of sp³-hybridized carbons (Fsp3) is 0.250. The Hall–Kier alpha value is -3.64. The molecule has 2 aromatic carbocycles. The van der Waals surface area contributed by atoms with Crippen LogP contribution in [0.25, 0.3) is 5.76 Å². The summed E-state index contributed by atoms with van der Waals surface area (Å²) in [5.41, 5.74) is 3.03. The van der Waals surface area contributed by atoms with E-state index in [1.54, 1.807) is 36.7 Å². The lowest BCUT2D eigenvalue weighted by Gasteiger charge is -2.25. The summed E-state index contributed by atoms with van der Waals surface area (Å²) >= 11 is 6.21. The summed E-state index contributed by atoms with van der Waals surface area (Å²) in [5.74, 6) is -0.963. The molecule has 1 fully saturated rings. The number of aromatic nitrogens is 1. The minimum absolute atomic E-state index is 0.0287. The number of ether oxygens (including phenoxy) is 1. The smallest absolute Gasteiger partial charge is 0.295 e. The summed E-state index contributed by atoms with van der Waals surface area (Å²) in [4.78, 5) is 32.1. The molecule has 1 saturated heterocycles. The normalized spacial score (nSPS) is 17.3. The van der Waals surface area contributed by atoms with Crippen molar-refractivity contribution in [3.8, 4) is 5.75 Å². The molecule has 1 amide bonds. The van der Waals surface area contributed by atoms with Gasteiger partial charge < -0.3 is 14.7 Å². The van der Waals surface area contributed by atoms with Crippen molar-refractivity contribution in [2.24, 2.45) is 0 Å². The Morgan fingerprint density at radius 3 is 2.51 bits per heavy atom. The number of carbonyl (C=O) groups is 2. The fourth-order valence-corrected chi connectivity index (χ4v) is 4.39. The van der Waals surface area contributed by atoms with Crippen LogP contribution in [0.3, 0.4) is 0 Å². The second kappa shape index (κ2) is 10.3. The van der Waals surface area contributed by atoms with Gasteiger partial charge in [-0.2, -0.15) is 0 Å². The quantitative estimate of drug-likeness (QED) is 0.254. The average Bonchev–Trinajstić information content (AvgIpc) is 3.10. The Balaban J connectivity index is 1.85. The maximum Gasteiger partial charge on any atom is 0.295 e. The molecule has 1 aromatic heterocycles. The second-order valence-electron chi connectivity index (χ2n) is 8.69. The largest absolute Gasteiger partial charge is 0.507 e. The minimum Gasteiger partial charge on any atom is -0.507 e. The molecule has 35 heavy (non-hydrogen) atoms. The molecule has 2 heterocycles. The van der Waals surface area contributed by atoms with E-state index >= 15 is 0 Å². The van der Waals surface area contributed by atoms with Crippen molar-refractivity contribution in [3.05, 3.63) is 99.8 Å². The van der Waals surface area contributed by atoms with Crippen LogP contribution in [-0.4, -0.2) is 33.3 Å². The zero-order valence-corrected chi connectivity index (χ0v) is 20.6. The van der Waals surface area contributed by atoms with Crippen molar-refractivity contribution in [1.29, 1.82) is 0 Å². The average molecular weight is 491 g/mol. The second-order valence-corrected chi connectivity index (χ2v) is 9.10. The van der Waals surface area contributed by atoms with E-state index in [0.29, 0.717) is 28.9 Å². The van der Waals surface area contributed by atoms with Crippen molar-refractivity contribution in [2.75, 3.05) is 6.61 Å². The van der Waals surface area contributed by atoms with Gasteiger partial charge >= 0.3 is 0 Å². The standard InChI is InChI=1S/C28H27ClN2O4/c1-4-35-23-14-21(11-12-22(23)29)26(32)24-25(20-9-7-19(8-10-20)17(2)3)31(28(34)27(24)33)16-18-6-5-13-30-15-18/h5-15,17,25,32H,4,16H2,1-3H3/b26-24-. The van der Waals surface area contributed by atoms with Gasteiger partial charge in [0.1, 0.15) is 11.5 Å². The van der Waals surface area contributed by atoms with Crippen LogP contribution in [0.5, 0.6) is 5.75 Å². The van der Waals surface area contributed by atoms with Crippen molar-refractivity contribution < 1.29 is 19.4 Å². The molecular weight excluding hydrogens is 464 g/mol. The number of aliphatic hydroxyl groups is 1. The van der Waals surface area contributed by atoms with Crippen LogP contribution in [0, 0.1) is 0 Å². The molecule has 0 radical (unpaired) electrons. The van der Waals surface area contributed by atoms with Gasteiger partial charge in [0.2, 0.25) is 0 Å². The Bertz CT molecular complexity index is 1270. The predicted octanol–water partition coefficient (Wildman–Crippen LogP) is 5.88. The number of hydrogen-bond acceptors (Lipinski definition) is 5. The highest BCUT2D eigenvalue weighted by atomic mass is 35.5. The fourth-order valence-electron chi connectivity index (χ4n) is 4.21. The lowest BCUT2D eigenvalue weighted by Crippen LogP contribution is -2.29. The van der Waals surface area contributed by atoms with E-state index in [1.807, 2.05) is 37.3 Å². The number of Topliss-reactive ketones (excluding diaryl/α,β-unsaturated/α-hetero) is 1. The molecule has 6 nitrogen and oxygen atoms in total. The summed E-state index contributed by atoms with van der Waals surface area (Å²) in [7, 11) is 0. The van der Waals surface area contributed by atoms with Gasteiger partial charge in [-0.05, 0) is 53.8 Å². The first kappa shape index (κ1) is 24.5. The van der Waals surface area contributed by atoms with Gasteiger partial charge in [0.05, 0.1) is 23.2 Å². The van der Waals surface area contributed by atoms with Gasteiger partial charge in [0.25, 0.3) is 11.7 Å². The Morgan fingerprint density at radius 2 is 1.89 bits per heavy atom. The zero-order chi connectivity index (χ0) is 25.1. The van der Waals surface area contributed by atoms with Gasteiger partial charge in [-0.1, -0.05) is 55.8 Å². The van der Waals surface area contributed by atoms with Crippen LogP contribution < -0.4 is 4.74 Å². The van der Waals surface area contributed by atoms with Gasteiger partial charge in [-0.25, -0.2) is 0 Å². The zero-order valence-electron chi connectivity index (χ0n) is 19.9. The lowest BCUT2D eigenvalue weighted by molar-refractivity contribution is -0.140. The first-order valence-corrected chi connectivity index (χ1v) is 11.9. The molecule has 1 aliphatic heterocycles. The number of benzene rings is 2. The van der Waals surface area contributed by atoms with E-state index in [-0.39, 0.29) is 17.9 Å². The summed E-state index contributed by atoms with van der Waals surface area (Å²) in [5, 5.41) is 11.7. The first-order valence-electron chi connectivity index (χ1n) is 11.5. The summed E-state index contributed by atoms with van der Waals surface area (Å²) in [6.07, 6.45) is 3.31. The van der Waals surface area contributed by atoms with E-state index in [1.165, 1.54) is 4.90 Å². The van der Waals surface area contributed by atoms with Crippen molar-refractivity contribution in [1.82, 2.24) is 9.88 Å². The van der Waals surface area contributed by atoms with E-state index in [4.69, 9.17) is 16.3 Å². The van der Waals surface area contributed by atoms with E-state index < -0.39 is 17.7 Å². The number of ketones is 1. The number of carbonyl (C=O) groups excluding carboxylic acids is 2. The Kier molecular flexibility index (Phi) is 7.22. The predicted molar refractivity (Wildman–Crippen MR) is 135 cm³/mol. The minimum atomic E-state index is -0.761. The first-order chi connectivity index (χ1) is 16.8. The highest BCUT2D eigenvalue weighted by molar-refractivity contribution is 6.46. The summed E-state index contributed by atoms with van der Waals surface area (Å²) in [6.45, 7) is 6.59. The molecule has 7 heteroatoms. The molecule has 4 rings (SSSR count). The van der Waals surface area contributed by atoms with Gasteiger partial charge in [0, 0.05) is 24.5 Å². The molecule has 3 aromatic rings. The number of halogens is 1. The van der Waals surface area contributed by atoms with E-state index in [9.17, 15) is 14.7 Å². The summed E-state index contributed by atoms with van der Waals surface area (Å²) in [6, 6.07) is 15.4. The number of amides is 1. The SMILES string of the molecule is CCOc1cc(/C(O)=C2/C(=O)C(=O)N(Cc3cccnc3)C2c2ccc(C(C)C)cc2)ccc1Cl. The third kappa shape index (κ3) is 4.93. The van der Waals surface area contributed by atoms with Crippen molar-refractivity contribution in [3.63, 3.8) is 0 Å². The molecule has 1 atom stereocenters. The number of likely N-dealkylation sites (tertiary alicyclic amines) is 1. The van der Waals surface area contributed by atoms with Crippen LogP contribution in [0.15, 0.2) is 72.6 Å². The number of aliphatic hydroxyl groups excluding tert-OH is 1. The van der Waals surface area contributed by atoms with E-state index in [2.05, 4.69) is 18.8 Å². The molecular formula is C28H27ClN2O4. The third-order valence-corrected chi connectivity index (χ3v) is 6.35. The van der Waals surface area contributed by atoms with Crippen LogP contribution in [0.2, 0.25) is 5.02 Å². The molecule has 0 bridgehead atoms. The van der Waals surface area contributed by atoms with Crippen molar-refractivity contribution in [2.45, 2.75) is 39.3 Å². The van der Waals surface area contributed by atoms with Crippen LogP contribution in [-0.2, 0) is 16.1 Å². The van der Waals surface area contributed by atoms with Gasteiger partial charge in [0.15, 0.2) is 0 Å². The van der Waals surface area contributed by atoms with Crippen LogP contribution in [0.4, 0.5) is 0 Å². The molecule has 0 saturated carbocycles. The highest BCUT2D eigenvalue weighted by Crippen LogP contribution is 2.41. The molecule has 1 unspecified atom stereocenters. The monoisotopic (exact) mass is 490 g/mol. The lowest BCUT2D eigenvalue weighted by atomic mass is 9.93. The van der Waals surface area contributed by atoms with Crippen LogP contribution in [0.1, 0.15) is 55.0 Å². The van der Waals surface area contributed by atoms with Crippen molar-refractivity contribution >= 4 is 29.1 Å². The Labute approximate surface area is 209 Å². The maximum atomic E-state index is 13.3. The van der Waals surface area contributed by atoms with E-state index in [0.717, 1.165) is 16.7 Å². The highest BCUT2D eigenvalue weighted by Gasteiger charge is 2.46. The number of hydrogen-bond donors (Lipinski definition) is 1. The third-order valence-electron chi connectivity index (χ3n) is 6.04. The van der Waals surface area contributed by atoms with Gasteiger partial charge in [-0.3, -0.25) is 14.6 Å². The molecule has 1 N–H and O–H groups in total. The topological polar surface area (TPSA) is 79.7 Å². The number of pyridine rings is 1. The van der Waals surface area contributed by atoms with Gasteiger partial charge in [-0.15, -0.1) is 0 Å². The molecule has 1 aliphatic rings. The molecule has 0 spiro atoms. The number of nitrogens with zero attached hydrogens (tertiary/aromatic N) is 2. The molecule has 180 valence electrons. The Morgan fingerprint density at radius 1 is 1.14 bits per heavy atom. The van der Waals surface area contributed by atoms with Crippen LogP contribution >= 0.6 is 11.6 Å². The maximum absolute atomic E-state index is 13.3.